The first kappa shape index (κ1) is 17.5. The number of aryl methyl sites for hydroxylation is 1. The number of nitrogens with one attached hydrogen (secondary N) is 1. The maximum Gasteiger partial charge on any atom is 0.258 e. The first-order valence-electron chi connectivity index (χ1n) is 7.85. The number of aromatic nitrogens is 2. The van der Waals surface area contributed by atoms with Gasteiger partial charge in [0.15, 0.2) is 0 Å². The predicted octanol–water partition coefficient (Wildman–Crippen LogP) is 2.54. The van der Waals surface area contributed by atoms with Crippen LogP contribution in [0.25, 0.3) is 5.65 Å². The molecule has 6 heteroatoms. The molecular formula is C17H23N3O2S. The summed E-state index contributed by atoms with van der Waals surface area (Å²) >= 11 is 1.47. The van der Waals surface area contributed by atoms with Crippen LogP contribution in [0.1, 0.15) is 37.9 Å². The monoisotopic (exact) mass is 333 g/mol. The van der Waals surface area contributed by atoms with E-state index in [4.69, 9.17) is 0 Å². The van der Waals surface area contributed by atoms with Gasteiger partial charge in [-0.05, 0) is 31.9 Å². The van der Waals surface area contributed by atoms with E-state index in [1.165, 1.54) is 17.8 Å². The highest BCUT2D eigenvalue weighted by molar-refractivity contribution is 7.99. The molecule has 1 N–H and O–H groups in total. The summed E-state index contributed by atoms with van der Waals surface area (Å²) in [6.07, 6.45) is 3.82. The third-order valence-corrected chi connectivity index (χ3v) is 4.44. The van der Waals surface area contributed by atoms with Gasteiger partial charge in [0.1, 0.15) is 5.65 Å². The fourth-order valence-electron chi connectivity index (χ4n) is 2.40. The largest absolute Gasteiger partial charge is 0.353 e. The maximum absolute atomic E-state index is 12.1. The molecule has 23 heavy (non-hydrogen) atoms. The van der Waals surface area contributed by atoms with Crippen molar-refractivity contribution in [2.45, 2.75) is 45.4 Å². The SMILES string of the molecule is CCC[C@H](C)NC(=O)CSCc1cc(=O)n2cc(C)ccc2n1. The topological polar surface area (TPSA) is 63.5 Å². The fourth-order valence-corrected chi connectivity index (χ4v) is 3.13. The van der Waals surface area contributed by atoms with Crippen molar-refractivity contribution in [2.75, 3.05) is 5.75 Å². The number of hydrogen-bond donors (Lipinski definition) is 1. The lowest BCUT2D eigenvalue weighted by atomic mass is 10.2. The van der Waals surface area contributed by atoms with Crippen LogP contribution in [0.5, 0.6) is 0 Å². The molecule has 0 aliphatic heterocycles. The van der Waals surface area contributed by atoms with Crippen molar-refractivity contribution >= 4 is 23.3 Å². The number of thioether (sulfide) groups is 1. The number of nitrogens with zero attached hydrogens (tertiary/aromatic N) is 2. The highest BCUT2D eigenvalue weighted by atomic mass is 32.2. The number of fused-ring (bicyclic) bond motifs is 1. The van der Waals surface area contributed by atoms with Gasteiger partial charge in [0.2, 0.25) is 5.91 Å². The van der Waals surface area contributed by atoms with Crippen molar-refractivity contribution in [1.29, 1.82) is 0 Å². The molecule has 2 rings (SSSR count). The van der Waals surface area contributed by atoms with Gasteiger partial charge in [0.05, 0.1) is 11.4 Å². The smallest absolute Gasteiger partial charge is 0.258 e. The van der Waals surface area contributed by atoms with E-state index in [2.05, 4.69) is 17.2 Å². The molecule has 0 saturated carbocycles. The summed E-state index contributed by atoms with van der Waals surface area (Å²) in [5.41, 5.74) is 2.27. The summed E-state index contributed by atoms with van der Waals surface area (Å²) in [6.45, 7) is 6.05. The zero-order valence-corrected chi connectivity index (χ0v) is 14.7. The quantitative estimate of drug-likeness (QED) is 0.846. The molecule has 5 nitrogen and oxygen atoms in total. The molecular weight excluding hydrogens is 310 g/mol. The lowest BCUT2D eigenvalue weighted by Gasteiger charge is -2.12. The van der Waals surface area contributed by atoms with Gasteiger partial charge in [-0.2, -0.15) is 0 Å². The van der Waals surface area contributed by atoms with E-state index in [0.29, 0.717) is 22.8 Å². The summed E-state index contributed by atoms with van der Waals surface area (Å²) in [7, 11) is 0. The molecule has 2 aromatic rings. The third-order valence-electron chi connectivity index (χ3n) is 3.47. The van der Waals surface area contributed by atoms with Crippen LogP contribution >= 0.6 is 11.8 Å². The number of pyridine rings is 1. The molecule has 0 aliphatic rings. The second-order valence-corrected chi connectivity index (χ2v) is 6.76. The van der Waals surface area contributed by atoms with E-state index >= 15 is 0 Å². The molecule has 0 unspecified atom stereocenters. The maximum atomic E-state index is 12.1. The summed E-state index contributed by atoms with van der Waals surface area (Å²) in [5, 5.41) is 2.97. The molecule has 0 aliphatic carbocycles. The van der Waals surface area contributed by atoms with E-state index in [9.17, 15) is 9.59 Å². The number of hydrogen-bond acceptors (Lipinski definition) is 4. The molecule has 0 radical (unpaired) electrons. The van der Waals surface area contributed by atoms with E-state index in [1.807, 2.05) is 26.0 Å². The van der Waals surface area contributed by atoms with E-state index in [1.54, 1.807) is 10.6 Å². The van der Waals surface area contributed by atoms with Gasteiger partial charge in [-0.1, -0.05) is 19.4 Å². The zero-order chi connectivity index (χ0) is 16.8. The van der Waals surface area contributed by atoms with Gasteiger partial charge >= 0.3 is 0 Å². The molecule has 1 amide bonds. The standard InChI is InChI=1S/C17H23N3O2S/c1-4-5-13(3)18-16(21)11-23-10-14-8-17(22)20-9-12(2)6-7-15(20)19-14/h6-9,13H,4-5,10-11H2,1-3H3,(H,18,21)/t13-/m0/s1. The number of carbonyl (C=O) groups is 1. The van der Waals surface area contributed by atoms with Gasteiger partial charge in [-0.3, -0.25) is 14.0 Å². The first-order chi connectivity index (χ1) is 11.0. The second kappa shape index (κ2) is 8.15. The predicted molar refractivity (Wildman–Crippen MR) is 94.9 cm³/mol. The Balaban J connectivity index is 1.94. The average molecular weight is 333 g/mol. The summed E-state index contributed by atoms with van der Waals surface area (Å²) in [5.74, 6) is 0.960. The van der Waals surface area contributed by atoms with Gasteiger partial charge in [0.25, 0.3) is 5.56 Å². The Morgan fingerprint density at radius 3 is 2.96 bits per heavy atom. The highest BCUT2D eigenvalue weighted by Gasteiger charge is 2.08. The van der Waals surface area contributed by atoms with Crippen LogP contribution in [0.15, 0.2) is 29.2 Å². The number of carbonyl (C=O) groups excluding carboxylic acids is 1. The highest BCUT2D eigenvalue weighted by Crippen LogP contribution is 2.10. The van der Waals surface area contributed by atoms with Crippen LogP contribution < -0.4 is 10.9 Å². The molecule has 0 fully saturated rings. The minimum Gasteiger partial charge on any atom is -0.353 e. The van der Waals surface area contributed by atoms with Crippen LogP contribution in [0.4, 0.5) is 0 Å². The van der Waals surface area contributed by atoms with Crippen LogP contribution in [0.3, 0.4) is 0 Å². The minimum atomic E-state index is -0.0877. The Bertz CT molecular complexity index is 742. The minimum absolute atomic E-state index is 0.0316. The molecule has 2 aromatic heterocycles. The van der Waals surface area contributed by atoms with E-state index in [0.717, 1.165) is 18.4 Å². The Morgan fingerprint density at radius 2 is 2.22 bits per heavy atom. The van der Waals surface area contributed by atoms with Crippen LogP contribution in [0, 0.1) is 6.92 Å². The van der Waals surface area contributed by atoms with Crippen LogP contribution in [0.2, 0.25) is 0 Å². The number of rotatable bonds is 7. The average Bonchev–Trinajstić information content (AvgIpc) is 2.48. The van der Waals surface area contributed by atoms with Gasteiger partial charge in [-0.15, -0.1) is 11.8 Å². The summed E-state index contributed by atoms with van der Waals surface area (Å²) < 4.78 is 1.54. The van der Waals surface area contributed by atoms with Crippen LogP contribution in [-0.2, 0) is 10.5 Å². The molecule has 0 aromatic carbocycles. The molecule has 0 spiro atoms. The Kier molecular flexibility index (Phi) is 6.21. The van der Waals surface area contributed by atoms with Crippen molar-refractivity contribution in [2.24, 2.45) is 0 Å². The zero-order valence-electron chi connectivity index (χ0n) is 13.8. The van der Waals surface area contributed by atoms with Crippen LogP contribution in [-0.4, -0.2) is 27.1 Å². The van der Waals surface area contributed by atoms with E-state index < -0.39 is 0 Å². The van der Waals surface area contributed by atoms with Gasteiger partial charge in [0, 0.05) is 24.1 Å². The Morgan fingerprint density at radius 1 is 1.43 bits per heavy atom. The fraction of sp³-hybridized carbons (Fsp3) is 0.471. The van der Waals surface area contributed by atoms with Crippen molar-refractivity contribution in [3.8, 4) is 0 Å². The molecule has 124 valence electrons. The van der Waals surface area contributed by atoms with Gasteiger partial charge in [-0.25, -0.2) is 4.98 Å². The second-order valence-electron chi connectivity index (χ2n) is 5.77. The third kappa shape index (κ3) is 5.10. The lowest BCUT2D eigenvalue weighted by molar-refractivity contribution is -0.119. The summed E-state index contributed by atoms with van der Waals surface area (Å²) in [6, 6.07) is 5.52. The molecule has 0 saturated heterocycles. The van der Waals surface area contributed by atoms with Crippen molar-refractivity contribution in [3.63, 3.8) is 0 Å². The molecule has 1 atom stereocenters. The van der Waals surface area contributed by atoms with Crippen molar-refractivity contribution in [3.05, 3.63) is 46.0 Å². The number of amides is 1. The molecule has 0 bridgehead atoms. The van der Waals surface area contributed by atoms with Crippen molar-refractivity contribution < 1.29 is 4.79 Å². The lowest BCUT2D eigenvalue weighted by Crippen LogP contribution is -2.33. The summed E-state index contributed by atoms with van der Waals surface area (Å²) in [4.78, 5) is 28.4. The first-order valence-corrected chi connectivity index (χ1v) is 9.01. The molecule has 2 heterocycles. The normalized spacial score (nSPS) is 12.3. The van der Waals surface area contributed by atoms with Gasteiger partial charge < -0.3 is 5.32 Å². The van der Waals surface area contributed by atoms with E-state index in [-0.39, 0.29) is 17.5 Å². The Labute approximate surface area is 140 Å². The van der Waals surface area contributed by atoms with Crippen molar-refractivity contribution in [1.82, 2.24) is 14.7 Å². The Hall–Kier alpha value is -1.82.